The van der Waals surface area contributed by atoms with E-state index in [9.17, 15) is 19.3 Å². The van der Waals surface area contributed by atoms with E-state index >= 15 is 0 Å². The molecule has 0 aromatic heterocycles. The van der Waals surface area contributed by atoms with Crippen LogP contribution >= 0.6 is 0 Å². The van der Waals surface area contributed by atoms with Crippen LogP contribution in [0.3, 0.4) is 0 Å². The minimum absolute atomic E-state index is 0.0915. The summed E-state index contributed by atoms with van der Waals surface area (Å²) in [4.78, 5) is 21.3. The molecule has 0 bridgehead atoms. The number of amides is 1. The quantitative estimate of drug-likeness (QED) is 0.454. The van der Waals surface area contributed by atoms with Gasteiger partial charge in [0.15, 0.2) is 0 Å². The van der Waals surface area contributed by atoms with Crippen molar-refractivity contribution < 1.29 is 19.2 Å². The summed E-state index contributed by atoms with van der Waals surface area (Å²) in [7, 11) is 0. The zero-order valence-corrected chi connectivity index (χ0v) is 8.85. The van der Waals surface area contributed by atoms with Crippen molar-refractivity contribution in [3.8, 4) is 0 Å². The van der Waals surface area contributed by atoms with Crippen molar-refractivity contribution in [3.63, 3.8) is 0 Å². The van der Waals surface area contributed by atoms with E-state index in [0.29, 0.717) is 12.5 Å². The summed E-state index contributed by atoms with van der Waals surface area (Å²) < 4.78 is 12.8. The van der Waals surface area contributed by atoms with Gasteiger partial charge in [-0.05, 0) is 18.6 Å². The molecule has 0 spiro atoms. The van der Waals surface area contributed by atoms with Crippen LogP contribution in [0.4, 0.5) is 10.1 Å². The first-order valence-electron chi connectivity index (χ1n) is 4.89. The van der Waals surface area contributed by atoms with Gasteiger partial charge < -0.3 is 10.4 Å². The van der Waals surface area contributed by atoms with Crippen LogP contribution in [0.2, 0.25) is 0 Å². The average Bonchev–Trinajstić information content (AvgIpc) is 2.29. The molecule has 17 heavy (non-hydrogen) atoms. The Kier molecular flexibility index (Phi) is 4.53. The lowest BCUT2D eigenvalue weighted by atomic mass is 10.1. The summed E-state index contributed by atoms with van der Waals surface area (Å²) >= 11 is 0. The van der Waals surface area contributed by atoms with Crippen molar-refractivity contribution in [2.24, 2.45) is 0 Å². The maximum Gasteiger partial charge on any atom is 0.285 e. The van der Waals surface area contributed by atoms with Crippen molar-refractivity contribution in [3.05, 3.63) is 39.7 Å². The fourth-order valence-electron chi connectivity index (χ4n) is 1.22. The summed E-state index contributed by atoms with van der Waals surface area (Å²) in [5, 5.41) is 21.5. The second kappa shape index (κ2) is 5.90. The molecule has 1 aromatic rings. The van der Waals surface area contributed by atoms with Gasteiger partial charge >= 0.3 is 0 Å². The van der Waals surface area contributed by atoms with Gasteiger partial charge in [0.1, 0.15) is 11.4 Å². The lowest BCUT2D eigenvalue weighted by Gasteiger charge is -2.04. The van der Waals surface area contributed by atoms with E-state index in [4.69, 9.17) is 5.11 Å². The first-order valence-corrected chi connectivity index (χ1v) is 4.89. The number of nitrogens with one attached hydrogen (secondary N) is 1. The van der Waals surface area contributed by atoms with E-state index in [1.807, 2.05) is 0 Å². The van der Waals surface area contributed by atoms with Gasteiger partial charge in [-0.3, -0.25) is 14.9 Å². The monoisotopic (exact) mass is 242 g/mol. The largest absolute Gasteiger partial charge is 0.396 e. The van der Waals surface area contributed by atoms with Crippen LogP contribution in [-0.4, -0.2) is 29.1 Å². The number of benzene rings is 1. The first-order chi connectivity index (χ1) is 8.06. The minimum Gasteiger partial charge on any atom is -0.396 e. The molecule has 0 radical (unpaired) electrons. The number of carbonyl (C=O) groups excluding carboxylic acids is 1. The number of hydrogen-bond donors (Lipinski definition) is 2. The molecule has 0 heterocycles. The molecule has 92 valence electrons. The molecule has 1 rings (SSSR count). The van der Waals surface area contributed by atoms with Gasteiger partial charge in [0.25, 0.3) is 11.6 Å². The predicted molar refractivity (Wildman–Crippen MR) is 57.1 cm³/mol. The molecule has 0 saturated carbocycles. The molecule has 7 heteroatoms. The smallest absolute Gasteiger partial charge is 0.285 e. The Labute approximate surface area is 96.2 Å². The lowest BCUT2D eigenvalue weighted by Crippen LogP contribution is -2.25. The second-order valence-corrected chi connectivity index (χ2v) is 3.25. The number of nitro benzene ring substituents is 1. The summed E-state index contributed by atoms with van der Waals surface area (Å²) in [6.07, 6.45) is 0.348. The number of carbonyl (C=O) groups is 1. The Balaban J connectivity index is 2.89. The van der Waals surface area contributed by atoms with E-state index in [2.05, 4.69) is 5.32 Å². The summed E-state index contributed by atoms with van der Waals surface area (Å²) in [5.74, 6) is -1.44. The maximum atomic E-state index is 12.8. The highest BCUT2D eigenvalue weighted by Crippen LogP contribution is 2.19. The van der Waals surface area contributed by atoms with Gasteiger partial charge in [0.2, 0.25) is 0 Å². The first kappa shape index (κ1) is 13.0. The standard InChI is InChI=1S/C10H11FN2O4/c11-7-2-3-8(9(6-7)13(16)17)10(15)12-4-1-5-14/h2-3,6,14H,1,4-5H2,(H,12,15). The van der Waals surface area contributed by atoms with Crippen molar-refractivity contribution >= 4 is 11.6 Å². The van der Waals surface area contributed by atoms with Crippen molar-refractivity contribution in [1.29, 1.82) is 0 Å². The van der Waals surface area contributed by atoms with E-state index in [1.165, 1.54) is 0 Å². The van der Waals surface area contributed by atoms with Gasteiger partial charge in [-0.25, -0.2) is 4.39 Å². The number of aliphatic hydroxyl groups is 1. The Morgan fingerprint density at radius 1 is 1.53 bits per heavy atom. The second-order valence-electron chi connectivity index (χ2n) is 3.25. The molecular formula is C10H11FN2O4. The van der Waals surface area contributed by atoms with E-state index in [-0.39, 0.29) is 18.7 Å². The van der Waals surface area contributed by atoms with Gasteiger partial charge in [0, 0.05) is 13.2 Å². The highest BCUT2D eigenvalue weighted by molar-refractivity contribution is 5.98. The number of nitro groups is 1. The van der Waals surface area contributed by atoms with Crippen LogP contribution in [0.15, 0.2) is 18.2 Å². The topological polar surface area (TPSA) is 92.5 Å². The zero-order valence-electron chi connectivity index (χ0n) is 8.85. The zero-order chi connectivity index (χ0) is 12.8. The van der Waals surface area contributed by atoms with Crippen molar-refractivity contribution in [2.45, 2.75) is 6.42 Å². The van der Waals surface area contributed by atoms with E-state index < -0.39 is 22.3 Å². The number of aliphatic hydroxyl groups excluding tert-OH is 1. The molecular weight excluding hydrogens is 231 g/mol. The number of hydrogen-bond acceptors (Lipinski definition) is 4. The van der Waals surface area contributed by atoms with Gasteiger partial charge in [-0.2, -0.15) is 0 Å². The molecule has 0 saturated heterocycles. The highest BCUT2D eigenvalue weighted by atomic mass is 19.1. The van der Waals surface area contributed by atoms with Gasteiger partial charge in [-0.1, -0.05) is 0 Å². The maximum absolute atomic E-state index is 12.8. The third-order valence-corrected chi connectivity index (χ3v) is 2.02. The van der Waals surface area contributed by atoms with Gasteiger partial charge in [-0.15, -0.1) is 0 Å². The average molecular weight is 242 g/mol. The number of rotatable bonds is 5. The van der Waals surface area contributed by atoms with Crippen LogP contribution in [0.1, 0.15) is 16.8 Å². The molecule has 0 unspecified atom stereocenters. The molecule has 1 amide bonds. The summed E-state index contributed by atoms with van der Waals surface area (Å²) in [6.45, 7) is 0.107. The SMILES string of the molecule is O=C(NCCCO)c1ccc(F)cc1[N+](=O)[O-]. The molecule has 0 aliphatic carbocycles. The van der Waals surface area contributed by atoms with Crippen molar-refractivity contribution in [2.75, 3.05) is 13.2 Å². The summed E-state index contributed by atoms with van der Waals surface area (Å²) in [6, 6.07) is 2.73. The van der Waals surface area contributed by atoms with Crippen LogP contribution in [0.25, 0.3) is 0 Å². The molecule has 2 N–H and O–H groups in total. The van der Waals surface area contributed by atoms with E-state index in [1.54, 1.807) is 0 Å². The van der Waals surface area contributed by atoms with Crippen LogP contribution in [0, 0.1) is 15.9 Å². The lowest BCUT2D eigenvalue weighted by molar-refractivity contribution is -0.385. The fraction of sp³-hybridized carbons (Fsp3) is 0.300. The third kappa shape index (κ3) is 3.49. The molecule has 6 nitrogen and oxygen atoms in total. The normalized spacial score (nSPS) is 10.0. The van der Waals surface area contributed by atoms with Crippen LogP contribution in [-0.2, 0) is 0 Å². The van der Waals surface area contributed by atoms with E-state index in [0.717, 1.165) is 12.1 Å². The van der Waals surface area contributed by atoms with Crippen LogP contribution in [0.5, 0.6) is 0 Å². The minimum atomic E-state index is -0.815. The van der Waals surface area contributed by atoms with Crippen molar-refractivity contribution in [1.82, 2.24) is 5.32 Å². The molecule has 0 fully saturated rings. The van der Waals surface area contributed by atoms with Crippen LogP contribution < -0.4 is 5.32 Å². The molecule has 0 aliphatic heterocycles. The number of halogens is 1. The molecule has 1 aromatic carbocycles. The Morgan fingerprint density at radius 2 is 2.24 bits per heavy atom. The predicted octanol–water partition coefficient (Wildman–Crippen LogP) is 0.846. The summed E-state index contributed by atoms with van der Waals surface area (Å²) in [5.41, 5.74) is -0.777. The third-order valence-electron chi connectivity index (χ3n) is 2.02. The Morgan fingerprint density at radius 3 is 2.82 bits per heavy atom. The Hall–Kier alpha value is -2.02. The highest BCUT2D eigenvalue weighted by Gasteiger charge is 2.20. The van der Waals surface area contributed by atoms with Gasteiger partial charge in [0.05, 0.1) is 11.0 Å². The Bertz CT molecular complexity index is 436. The number of nitrogens with zero attached hydrogens (tertiary/aromatic N) is 1. The molecule has 0 aliphatic rings. The molecule has 0 atom stereocenters. The fourth-order valence-corrected chi connectivity index (χ4v) is 1.22.